The van der Waals surface area contributed by atoms with Crippen LogP contribution in [0.3, 0.4) is 0 Å². The van der Waals surface area contributed by atoms with Crippen LogP contribution in [-0.2, 0) is 4.79 Å². The molecule has 3 aliphatic rings. The van der Waals surface area contributed by atoms with Crippen LogP contribution < -0.4 is 11.1 Å². The Morgan fingerprint density at radius 3 is 2.21 bits per heavy atom. The first-order valence-electron chi connectivity index (χ1n) is 7.76. The van der Waals surface area contributed by atoms with Crippen LogP contribution in [0.1, 0.15) is 57.8 Å². The van der Waals surface area contributed by atoms with E-state index in [1.165, 1.54) is 44.9 Å². The third-order valence-corrected chi connectivity index (χ3v) is 5.42. The molecule has 3 rings (SSSR count). The summed E-state index contributed by atoms with van der Waals surface area (Å²) in [5.41, 5.74) is 6.24. The Hall–Kier alpha value is -0.280. The van der Waals surface area contributed by atoms with Crippen molar-refractivity contribution in [1.82, 2.24) is 5.32 Å². The fourth-order valence-electron chi connectivity index (χ4n) is 4.19. The SMILES string of the molecule is Cl.NC1(CNC(=O)C2C3CCCCC32)CCCCC1. The van der Waals surface area contributed by atoms with E-state index in [-0.39, 0.29) is 17.9 Å². The van der Waals surface area contributed by atoms with Crippen molar-refractivity contribution >= 4 is 18.3 Å². The lowest BCUT2D eigenvalue weighted by molar-refractivity contribution is -0.123. The van der Waals surface area contributed by atoms with E-state index >= 15 is 0 Å². The van der Waals surface area contributed by atoms with Crippen LogP contribution in [0.15, 0.2) is 0 Å². The summed E-state index contributed by atoms with van der Waals surface area (Å²) < 4.78 is 0. The van der Waals surface area contributed by atoms with E-state index in [1.54, 1.807) is 0 Å². The zero-order valence-electron chi connectivity index (χ0n) is 11.7. The van der Waals surface area contributed by atoms with E-state index in [2.05, 4.69) is 5.32 Å². The van der Waals surface area contributed by atoms with Gasteiger partial charge in [0.05, 0.1) is 0 Å². The van der Waals surface area contributed by atoms with E-state index in [1.807, 2.05) is 0 Å². The van der Waals surface area contributed by atoms with Crippen LogP contribution in [0.2, 0.25) is 0 Å². The Morgan fingerprint density at radius 1 is 1.05 bits per heavy atom. The summed E-state index contributed by atoms with van der Waals surface area (Å²) in [6.45, 7) is 0.696. The second-order valence-electron chi connectivity index (χ2n) is 6.78. The lowest BCUT2D eigenvalue weighted by Gasteiger charge is -2.33. The smallest absolute Gasteiger partial charge is 0.223 e. The van der Waals surface area contributed by atoms with Crippen molar-refractivity contribution in [3.8, 4) is 0 Å². The van der Waals surface area contributed by atoms with Crippen molar-refractivity contribution in [3.05, 3.63) is 0 Å². The highest BCUT2D eigenvalue weighted by Crippen LogP contribution is 2.55. The van der Waals surface area contributed by atoms with E-state index in [9.17, 15) is 4.79 Å². The van der Waals surface area contributed by atoms with Crippen LogP contribution in [-0.4, -0.2) is 18.0 Å². The van der Waals surface area contributed by atoms with Crippen molar-refractivity contribution in [2.75, 3.05) is 6.54 Å². The van der Waals surface area contributed by atoms with Gasteiger partial charge in [-0.3, -0.25) is 4.79 Å². The maximum absolute atomic E-state index is 12.2. The average Bonchev–Trinajstić information content (AvgIpc) is 3.11. The third kappa shape index (κ3) is 3.25. The second-order valence-corrected chi connectivity index (χ2v) is 6.78. The highest BCUT2D eigenvalue weighted by Gasteiger charge is 2.54. The van der Waals surface area contributed by atoms with Crippen LogP contribution in [0.5, 0.6) is 0 Å². The zero-order chi connectivity index (χ0) is 12.6. The summed E-state index contributed by atoms with van der Waals surface area (Å²) >= 11 is 0. The average molecular weight is 287 g/mol. The number of carbonyl (C=O) groups excluding carboxylic acids is 1. The predicted molar refractivity (Wildman–Crippen MR) is 79.2 cm³/mol. The molecule has 3 fully saturated rings. The molecule has 2 atom stereocenters. The summed E-state index contributed by atoms with van der Waals surface area (Å²) in [6.07, 6.45) is 11.1. The van der Waals surface area contributed by atoms with Gasteiger partial charge in [0.15, 0.2) is 0 Å². The molecule has 0 aliphatic heterocycles. The Labute approximate surface area is 122 Å². The maximum Gasteiger partial charge on any atom is 0.223 e. The number of nitrogens with one attached hydrogen (secondary N) is 1. The quantitative estimate of drug-likeness (QED) is 0.838. The van der Waals surface area contributed by atoms with Crippen molar-refractivity contribution in [3.63, 3.8) is 0 Å². The summed E-state index contributed by atoms with van der Waals surface area (Å²) in [5.74, 6) is 2.04. The monoisotopic (exact) mass is 286 g/mol. The van der Waals surface area contributed by atoms with Gasteiger partial charge in [-0.25, -0.2) is 0 Å². The van der Waals surface area contributed by atoms with Crippen LogP contribution in [0.4, 0.5) is 0 Å². The number of fused-ring (bicyclic) bond motifs is 1. The van der Waals surface area contributed by atoms with Crippen molar-refractivity contribution in [1.29, 1.82) is 0 Å². The molecular formula is C15H27ClN2O. The molecule has 3 aliphatic carbocycles. The molecule has 3 saturated carbocycles. The van der Waals surface area contributed by atoms with Crippen molar-refractivity contribution in [2.45, 2.75) is 63.3 Å². The molecule has 0 bridgehead atoms. The summed E-state index contributed by atoms with van der Waals surface area (Å²) in [7, 11) is 0. The third-order valence-electron chi connectivity index (χ3n) is 5.42. The summed E-state index contributed by atoms with van der Waals surface area (Å²) in [4.78, 5) is 12.2. The largest absolute Gasteiger partial charge is 0.354 e. The molecule has 4 heteroatoms. The van der Waals surface area contributed by atoms with E-state index < -0.39 is 0 Å². The Bertz CT molecular complexity index is 316. The number of hydrogen-bond donors (Lipinski definition) is 2. The first kappa shape index (κ1) is 15.1. The topological polar surface area (TPSA) is 55.1 Å². The van der Waals surface area contributed by atoms with Gasteiger partial charge in [0.1, 0.15) is 0 Å². The molecule has 0 aromatic heterocycles. The van der Waals surface area contributed by atoms with Crippen molar-refractivity contribution in [2.24, 2.45) is 23.5 Å². The zero-order valence-corrected chi connectivity index (χ0v) is 12.5. The normalized spacial score (nSPS) is 35.7. The fraction of sp³-hybridized carbons (Fsp3) is 0.933. The molecular weight excluding hydrogens is 260 g/mol. The molecule has 0 radical (unpaired) electrons. The minimum Gasteiger partial charge on any atom is -0.354 e. The molecule has 0 aromatic rings. The number of rotatable bonds is 3. The molecule has 1 amide bonds. The van der Waals surface area contributed by atoms with Gasteiger partial charge in [-0.05, 0) is 37.5 Å². The minimum atomic E-state index is -0.117. The number of hydrogen-bond acceptors (Lipinski definition) is 2. The highest BCUT2D eigenvalue weighted by atomic mass is 35.5. The Morgan fingerprint density at radius 2 is 1.63 bits per heavy atom. The minimum absolute atomic E-state index is 0. The summed E-state index contributed by atoms with van der Waals surface area (Å²) in [6, 6.07) is 0. The number of nitrogens with two attached hydrogens (primary N) is 1. The molecule has 110 valence electrons. The lowest BCUT2D eigenvalue weighted by atomic mass is 9.82. The molecule has 0 heterocycles. The van der Waals surface area contributed by atoms with Crippen LogP contribution >= 0.6 is 12.4 Å². The number of carbonyl (C=O) groups is 1. The molecule has 2 unspecified atom stereocenters. The van der Waals surface area contributed by atoms with Gasteiger partial charge < -0.3 is 11.1 Å². The Kier molecular flexibility index (Phi) is 4.78. The highest BCUT2D eigenvalue weighted by molar-refractivity contribution is 5.85. The first-order valence-corrected chi connectivity index (χ1v) is 7.76. The van der Waals surface area contributed by atoms with Gasteiger partial charge in [-0.15, -0.1) is 12.4 Å². The predicted octanol–water partition coefficient (Wildman–Crippen LogP) is 2.62. The second kappa shape index (κ2) is 6.01. The molecule has 3 nitrogen and oxygen atoms in total. The first-order chi connectivity index (χ1) is 8.70. The van der Waals surface area contributed by atoms with Crippen LogP contribution in [0, 0.1) is 17.8 Å². The van der Waals surface area contributed by atoms with Gasteiger partial charge in [-0.2, -0.15) is 0 Å². The fourth-order valence-corrected chi connectivity index (χ4v) is 4.19. The standard InChI is InChI=1S/C15H26N2O.ClH/c16-15(8-4-1-5-9-15)10-17-14(18)13-11-6-2-3-7-12(11)13;/h11-13H,1-10,16H2,(H,17,18);1H. The Balaban J connectivity index is 0.00000133. The number of amides is 1. The van der Waals surface area contributed by atoms with Gasteiger partial charge >= 0.3 is 0 Å². The lowest BCUT2D eigenvalue weighted by Crippen LogP contribution is -2.51. The van der Waals surface area contributed by atoms with Gasteiger partial charge in [0.25, 0.3) is 0 Å². The molecule has 0 spiro atoms. The molecule has 19 heavy (non-hydrogen) atoms. The van der Waals surface area contributed by atoms with Gasteiger partial charge in [-0.1, -0.05) is 32.1 Å². The number of halogens is 1. The summed E-state index contributed by atoms with van der Waals surface area (Å²) in [5, 5.41) is 3.15. The van der Waals surface area contributed by atoms with E-state index in [4.69, 9.17) is 5.73 Å². The van der Waals surface area contributed by atoms with Gasteiger partial charge in [0, 0.05) is 18.0 Å². The van der Waals surface area contributed by atoms with Gasteiger partial charge in [0.2, 0.25) is 5.91 Å². The van der Waals surface area contributed by atoms with Crippen molar-refractivity contribution < 1.29 is 4.79 Å². The van der Waals surface area contributed by atoms with Crippen LogP contribution in [0.25, 0.3) is 0 Å². The maximum atomic E-state index is 12.2. The molecule has 0 saturated heterocycles. The molecule has 0 aromatic carbocycles. The molecule has 3 N–H and O–H groups in total. The van der Waals surface area contributed by atoms with E-state index in [0.717, 1.165) is 12.8 Å². The van der Waals surface area contributed by atoms with E-state index in [0.29, 0.717) is 30.2 Å².